The number of aliphatic hydroxyl groups is 4. The number of oxazole rings is 1. The minimum Gasteiger partial charge on any atom is -0.458 e. The number of esters is 1. The summed E-state index contributed by atoms with van der Waals surface area (Å²) in [6.07, 6.45) is 24.8. The Kier molecular flexibility index (Phi) is 23.0. The molecule has 3 rings (SSSR count). The fourth-order valence-electron chi connectivity index (χ4n) is 7.36. The molecule has 4 N–H and O–H groups in total. The maximum Gasteiger partial charge on any atom is 0.331 e. The van der Waals surface area contributed by atoms with Crippen molar-refractivity contribution in [2.75, 3.05) is 21.3 Å². The lowest BCUT2D eigenvalue weighted by Gasteiger charge is -2.43. The zero-order valence-electron chi connectivity index (χ0n) is 38.0. The van der Waals surface area contributed by atoms with Crippen LogP contribution in [0.1, 0.15) is 78.8 Å². The minimum absolute atomic E-state index is 0.141. The molecule has 344 valence electrons. The molecule has 1 aromatic rings. The first-order chi connectivity index (χ1) is 29.6. The first-order valence-corrected chi connectivity index (χ1v) is 21.4. The van der Waals surface area contributed by atoms with Crippen LogP contribution in [-0.2, 0) is 33.2 Å². The molecule has 0 amide bonds. The Balaban J connectivity index is 1.96. The van der Waals surface area contributed by atoms with E-state index in [1.54, 1.807) is 76.7 Å². The number of aromatic nitrogens is 1. The second-order valence-electron chi connectivity index (χ2n) is 16.2. The van der Waals surface area contributed by atoms with E-state index in [1.165, 1.54) is 20.3 Å². The van der Waals surface area contributed by atoms with E-state index in [4.69, 9.17) is 32.8 Å². The van der Waals surface area contributed by atoms with Gasteiger partial charge < -0.3 is 53.3 Å². The molecular formula is C49H71NO12. The van der Waals surface area contributed by atoms with Crippen molar-refractivity contribution in [3.05, 3.63) is 121 Å². The zero-order chi connectivity index (χ0) is 45.8. The van der Waals surface area contributed by atoms with Crippen LogP contribution in [0.15, 0.2) is 113 Å². The van der Waals surface area contributed by atoms with Gasteiger partial charge in [-0.05, 0) is 33.3 Å². The number of fused-ring (bicyclic) bond motifs is 2. The highest BCUT2D eigenvalue weighted by molar-refractivity contribution is 5.82. The van der Waals surface area contributed by atoms with Gasteiger partial charge >= 0.3 is 5.97 Å². The summed E-state index contributed by atoms with van der Waals surface area (Å²) in [5.41, 5.74) is 1.56. The van der Waals surface area contributed by atoms with Crippen LogP contribution < -0.4 is 0 Å². The van der Waals surface area contributed by atoms with Crippen LogP contribution >= 0.6 is 0 Å². The van der Waals surface area contributed by atoms with E-state index in [0.29, 0.717) is 18.0 Å². The highest BCUT2D eigenvalue weighted by atomic mass is 16.7. The van der Waals surface area contributed by atoms with E-state index in [2.05, 4.69) is 11.1 Å². The van der Waals surface area contributed by atoms with Crippen LogP contribution in [0, 0.1) is 17.8 Å². The van der Waals surface area contributed by atoms with E-state index < -0.39 is 73.1 Å². The van der Waals surface area contributed by atoms with Crippen molar-refractivity contribution in [2.24, 2.45) is 17.8 Å². The van der Waals surface area contributed by atoms with E-state index in [9.17, 15) is 25.2 Å². The lowest BCUT2D eigenvalue weighted by molar-refractivity contribution is -0.310. The van der Waals surface area contributed by atoms with Gasteiger partial charge in [-0.25, -0.2) is 9.78 Å². The molecule has 10 unspecified atom stereocenters. The molecule has 0 radical (unpaired) electrons. The van der Waals surface area contributed by atoms with Crippen molar-refractivity contribution in [1.82, 2.24) is 4.98 Å². The molecule has 3 heterocycles. The van der Waals surface area contributed by atoms with Gasteiger partial charge in [-0.3, -0.25) is 0 Å². The van der Waals surface area contributed by atoms with Gasteiger partial charge in [0, 0.05) is 51.6 Å². The second kappa shape index (κ2) is 27.2. The van der Waals surface area contributed by atoms with Gasteiger partial charge in [0.05, 0.1) is 42.5 Å². The number of carbonyl (C=O) groups excluding carboxylic acids is 1. The number of nitrogens with zero attached hydrogens (tertiary/aromatic N) is 1. The Labute approximate surface area is 368 Å². The molecule has 0 aromatic carbocycles. The van der Waals surface area contributed by atoms with Crippen molar-refractivity contribution >= 4 is 12.0 Å². The fraction of sp³-hybridized carbons (Fsp3) is 0.551. The molecule has 13 nitrogen and oxygen atoms in total. The summed E-state index contributed by atoms with van der Waals surface area (Å²) in [5.74, 6) is -1.26. The smallest absolute Gasteiger partial charge is 0.331 e. The molecule has 15 atom stereocenters. The van der Waals surface area contributed by atoms with Gasteiger partial charge in [0.25, 0.3) is 0 Å². The summed E-state index contributed by atoms with van der Waals surface area (Å²) in [6.45, 7) is 13.0. The normalized spacial score (nSPS) is 37.7. The number of hydrogen-bond acceptors (Lipinski definition) is 13. The van der Waals surface area contributed by atoms with E-state index >= 15 is 0 Å². The first-order valence-electron chi connectivity index (χ1n) is 21.4. The van der Waals surface area contributed by atoms with Crippen LogP contribution in [0.3, 0.4) is 0 Å². The number of rotatable bonds is 9. The molecular weight excluding hydrogens is 795 g/mol. The summed E-state index contributed by atoms with van der Waals surface area (Å²) < 4.78 is 41.4. The second-order valence-corrected chi connectivity index (χ2v) is 16.2. The third kappa shape index (κ3) is 16.9. The summed E-state index contributed by atoms with van der Waals surface area (Å²) >= 11 is 0. The molecule has 2 aliphatic rings. The summed E-state index contributed by atoms with van der Waals surface area (Å²) in [6, 6.07) is 0. The van der Waals surface area contributed by atoms with E-state index in [-0.39, 0.29) is 30.3 Å². The number of ether oxygens (including phenoxy) is 6. The summed E-state index contributed by atoms with van der Waals surface area (Å²) in [7, 11) is 4.63. The number of hydrogen-bond donors (Lipinski definition) is 4. The third-order valence-corrected chi connectivity index (χ3v) is 11.1. The predicted molar refractivity (Wildman–Crippen MR) is 240 cm³/mol. The van der Waals surface area contributed by atoms with E-state index in [1.807, 2.05) is 76.3 Å². The predicted octanol–water partition coefficient (Wildman–Crippen LogP) is 6.88. The highest BCUT2D eigenvalue weighted by Gasteiger charge is 2.46. The average Bonchev–Trinajstić information content (AvgIpc) is 3.71. The third-order valence-electron chi connectivity index (χ3n) is 11.1. The number of cyclic esters (lactones) is 1. The first kappa shape index (κ1) is 52.3. The molecule has 2 bridgehead atoms. The van der Waals surface area contributed by atoms with E-state index in [0.717, 1.165) is 5.57 Å². The lowest BCUT2D eigenvalue weighted by Crippen LogP contribution is -2.59. The Bertz CT molecular complexity index is 1750. The maximum atomic E-state index is 13.0. The van der Waals surface area contributed by atoms with Gasteiger partial charge in [0.1, 0.15) is 36.4 Å². The molecule has 1 aromatic heterocycles. The van der Waals surface area contributed by atoms with Crippen molar-refractivity contribution in [3.8, 4) is 0 Å². The standard InChI is InChI=1S/C49H71NO12/c1-31-21-15-11-14-18-26-43(54)62-45(35(5)40(53)28-34(4)51)32(2)22-16-12-13-17-24-39(52)29-42(56-8)36(6)48-50-38(30-59-48)23-19-20-25-41(33(3)27-31)61-49-47(58-10)46(57-9)44(55)37(7)60-49/h11-27,30,32-37,39-42,44-47,49,51-53,55H,28-29H2,1-10H3/b13-12+,14-11+,21-15-,22-16-,23-19-,24-17+,25-20+,26-18-,31-27+/t32?,33?,34?,35?,36?,37-,39?,40?,41?,42?,44-,45?,46+,47-,49+/m1/s1. The molecule has 13 heteroatoms. The van der Waals surface area contributed by atoms with Crippen molar-refractivity contribution < 1.29 is 58.1 Å². The molecule has 0 saturated carbocycles. The lowest BCUT2D eigenvalue weighted by atomic mass is 9.86. The number of aliphatic hydroxyl groups excluding tert-OH is 4. The molecule has 0 aliphatic carbocycles. The van der Waals surface area contributed by atoms with Crippen LogP contribution in [0.4, 0.5) is 0 Å². The fourth-order valence-corrected chi connectivity index (χ4v) is 7.36. The Hall–Kier alpha value is -4.02. The van der Waals surface area contributed by atoms with Crippen LogP contribution in [0.25, 0.3) is 6.08 Å². The van der Waals surface area contributed by atoms with Gasteiger partial charge in [0.2, 0.25) is 0 Å². The van der Waals surface area contributed by atoms with Crippen LogP contribution in [0.2, 0.25) is 0 Å². The van der Waals surface area contributed by atoms with Crippen LogP contribution in [-0.4, -0.2) is 120 Å². The van der Waals surface area contributed by atoms with Crippen molar-refractivity contribution in [3.63, 3.8) is 0 Å². The Morgan fingerprint density at radius 3 is 2.08 bits per heavy atom. The van der Waals surface area contributed by atoms with Gasteiger partial charge in [-0.15, -0.1) is 0 Å². The molecule has 0 spiro atoms. The SMILES string of the molecule is COC1CC(O)/C=C/C=C/C=C\C(C)C(C(C)C(O)CC(C)O)OC(=O)\C=C/C=C/C=C\C(C)=C\C(C)C(O[C@@H]2O[C@H](C)[C@@H](O)[C@H](OC)[C@H]2OC)/C=C/C=C\c2coc(n2)C1C. The molecule has 1 saturated heterocycles. The summed E-state index contributed by atoms with van der Waals surface area (Å²) in [5, 5.41) is 42.3. The Morgan fingerprint density at radius 2 is 1.42 bits per heavy atom. The van der Waals surface area contributed by atoms with Gasteiger partial charge in [-0.2, -0.15) is 0 Å². The number of carbonyl (C=O) groups is 1. The monoisotopic (exact) mass is 865 g/mol. The van der Waals surface area contributed by atoms with Crippen molar-refractivity contribution in [2.45, 2.75) is 135 Å². The molecule has 1 fully saturated rings. The molecule has 2 aliphatic heterocycles. The maximum absolute atomic E-state index is 13.0. The minimum atomic E-state index is -0.903. The topological polar surface area (TPSA) is 179 Å². The average molecular weight is 866 g/mol. The highest BCUT2D eigenvalue weighted by Crippen LogP contribution is 2.30. The van der Waals surface area contributed by atoms with Crippen LogP contribution in [0.5, 0.6) is 0 Å². The molecule has 62 heavy (non-hydrogen) atoms. The van der Waals surface area contributed by atoms with Crippen molar-refractivity contribution in [1.29, 1.82) is 0 Å². The van der Waals surface area contributed by atoms with Gasteiger partial charge in [-0.1, -0.05) is 124 Å². The van der Waals surface area contributed by atoms with Gasteiger partial charge in [0.15, 0.2) is 12.2 Å². The summed E-state index contributed by atoms with van der Waals surface area (Å²) in [4.78, 5) is 17.7. The zero-order valence-corrected chi connectivity index (χ0v) is 38.0. The Morgan fingerprint density at radius 1 is 0.790 bits per heavy atom. The largest absolute Gasteiger partial charge is 0.458 e. The number of allylic oxidation sites excluding steroid dienone is 12. The quantitative estimate of drug-likeness (QED) is 0.189. The number of methoxy groups -OCH3 is 3.